The molecule has 2 atom stereocenters. The van der Waals surface area contributed by atoms with Crippen LogP contribution in [0.1, 0.15) is 19.3 Å². The monoisotopic (exact) mass is 273 g/mol. The van der Waals surface area contributed by atoms with E-state index in [-0.39, 0.29) is 16.2 Å². The van der Waals surface area contributed by atoms with Crippen LogP contribution in [-0.2, 0) is 9.84 Å². The SMILES string of the molecule is CNC1CCCC1S(=O)(=O)c1ccccc1Cl. The highest BCUT2D eigenvalue weighted by Crippen LogP contribution is 2.32. The highest BCUT2D eigenvalue weighted by molar-refractivity contribution is 7.92. The van der Waals surface area contributed by atoms with Crippen molar-refractivity contribution in [3.8, 4) is 0 Å². The van der Waals surface area contributed by atoms with Crippen molar-refractivity contribution in [1.82, 2.24) is 5.32 Å². The zero-order valence-corrected chi connectivity index (χ0v) is 11.3. The molecular weight excluding hydrogens is 258 g/mol. The van der Waals surface area contributed by atoms with Gasteiger partial charge in [0.2, 0.25) is 0 Å². The standard InChI is InChI=1S/C12H16ClNO2S/c1-14-10-6-4-8-12(10)17(15,16)11-7-3-2-5-9(11)13/h2-3,5,7,10,12,14H,4,6,8H2,1H3. The van der Waals surface area contributed by atoms with Crippen molar-refractivity contribution >= 4 is 21.4 Å². The van der Waals surface area contributed by atoms with Crippen LogP contribution in [0.5, 0.6) is 0 Å². The van der Waals surface area contributed by atoms with Gasteiger partial charge < -0.3 is 5.32 Å². The molecule has 0 saturated heterocycles. The molecule has 1 aromatic rings. The van der Waals surface area contributed by atoms with Crippen molar-refractivity contribution in [2.75, 3.05) is 7.05 Å². The topological polar surface area (TPSA) is 46.2 Å². The Morgan fingerprint density at radius 3 is 2.65 bits per heavy atom. The number of hydrogen-bond donors (Lipinski definition) is 1. The van der Waals surface area contributed by atoms with E-state index in [1.54, 1.807) is 24.3 Å². The Kier molecular flexibility index (Phi) is 3.76. The van der Waals surface area contributed by atoms with Crippen LogP contribution in [0.2, 0.25) is 5.02 Å². The number of sulfone groups is 1. The molecule has 1 N–H and O–H groups in total. The maximum Gasteiger partial charge on any atom is 0.184 e. The van der Waals surface area contributed by atoms with Gasteiger partial charge in [0.1, 0.15) is 0 Å². The van der Waals surface area contributed by atoms with E-state index in [1.807, 2.05) is 7.05 Å². The summed E-state index contributed by atoms with van der Waals surface area (Å²) in [5.41, 5.74) is 0. The number of hydrogen-bond acceptors (Lipinski definition) is 3. The summed E-state index contributed by atoms with van der Waals surface area (Å²) in [5, 5.41) is 3.05. The molecule has 94 valence electrons. The van der Waals surface area contributed by atoms with Gasteiger partial charge in [0.05, 0.1) is 15.2 Å². The molecule has 2 unspecified atom stereocenters. The Balaban J connectivity index is 2.40. The van der Waals surface area contributed by atoms with Crippen LogP contribution in [0.15, 0.2) is 29.2 Å². The fourth-order valence-electron chi connectivity index (χ4n) is 2.47. The summed E-state index contributed by atoms with van der Waals surface area (Å²) in [6.45, 7) is 0. The summed E-state index contributed by atoms with van der Waals surface area (Å²) in [6, 6.07) is 6.70. The molecule has 1 aromatic carbocycles. The first-order valence-electron chi connectivity index (χ1n) is 5.73. The lowest BCUT2D eigenvalue weighted by Gasteiger charge is -2.19. The van der Waals surface area contributed by atoms with Gasteiger partial charge in [0, 0.05) is 6.04 Å². The molecule has 3 nitrogen and oxygen atoms in total. The zero-order valence-electron chi connectivity index (χ0n) is 9.69. The van der Waals surface area contributed by atoms with Crippen LogP contribution in [0, 0.1) is 0 Å². The minimum Gasteiger partial charge on any atom is -0.316 e. The van der Waals surface area contributed by atoms with Crippen LogP contribution in [0.25, 0.3) is 0 Å². The predicted molar refractivity (Wildman–Crippen MR) is 69.1 cm³/mol. The van der Waals surface area contributed by atoms with Crippen molar-refractivity contribution in [2.45, 2.75) is 35.4 Å². The molecule has 0 radical (unpaired) electrons. The van der Waals surface area contributed by atoms with Gasteiger partial charge in [-0.25, -0.2) is 8.42 Å². The Bertz CT molecular complexity index is 501. The molecule has 0 aliphatic heterocycles. The Hall–Kier alpha value is -0.580. The lowest BCUT2D eigenvalue weighted by molar-refractivity contribution is 0.538. The van der Waals surface area contributed by atoms with E-state index in [0.29, 0.717) is 11.4 Å². The molecular formula is C12H16ClNO2S. The van der Waals surface area contributed by atoms with E-state index in [2.05, 4.69) is 5.32 Å². The van der Waals surface area contributed by atoms with Crippen molar-refractivity contribution in [1.29, 1.82) is 0 Å². The van der Waals surface area contributed by atoms with Gasteiger partial charge in [-0.15, -0.1) is 0 Å². The van der Waals surface area contributed by atoms with Crippen molar-refractivity contribution < 1.29 is 8.42 Å². The lowest BCUT2D eigenvalue weighted by atomic mass is 10.2. The molecule has 0 bridgehead atoms. The van der Waals surface area contributed by atoms with E-state index in [0.717, 1.165) is 12.8 Å². The summed E-state index contributed by atoms with van der Waals surface area (Å²) >= 11 is 5.98. The Labute approximate surface area is 107 Å². The number of nitrogens with one attached hydrogen (secondary N) is 1. The van der Waals surface area contributed by atoms with Crippen LogP contribution >= 0.6 is 11.6 Å². The summed E-state index contributed by atoms with van der Waals surface area (Å²) in [4.78, 5) is 0.258. The minimum absolute atomic E-state index is 0.0382. The van der Waals surface area contributed by atoms with Gasteiger partial charge in [-0.2, -0.15) is 0 Å². The van der Waals surface area contributed by atoms with Crippen LogP contribution in [0.4, 0.5) is 0 Å². The second-order valence-electron chi connectivity index (χ2n) is 4.34. The van der Waals surface area contributed by atoms with Gasteiger partial charge in [-0.3, -0.25) is 0 Å². The van der Waals surface area contributed by atoms with E-state index >= 15 is 0 Å². The minimum atomic E-state index is -3.33. The predicted octanol–water partition coefficient (Wildman–Crippen LogP) is 2.25. The fourth-order valence-corrected chi connectivity index (χ4v) is 5.04. The van der Waals surface area contributed by atoms with Gasteiger partial charge in [-0.05, 0) is 32.0 Å². The van der Waals surface area contributed by atoms with Crippen molar-refractivity contribution in [3.05, 3.63) is 29.3 Å². The van der Waals surface area contributed by atoms with Crippen LogP contribution in [0.3, 0.4) is 0 Å². The third kappa shape index (κ3) is 2.34. The lowest BCUT2D eigenvalue weighted by Crippen LogP contribution is -2.38. The first-order valence-corrected chi connectivity index (χ1v) is 7.65. The first-order chi connectivity index (χ1) is 8.07. The Morgan fingerprint density at radius 1 is 1.29 bits per heavy atom. The van der Waals surface area contributed by atoms with Gasteiger partial charge in [0.25, 0.3) is 0 Å². The third-order valence-electron chi connectivity index (χ3n) is 3.37. The normalized spacial score (nSPS) is 25.1. The van der Waals surface area contributed by atoms with E-state index in [4.69, 9.17) is 11.6 Å². The summed E-state index contributed by atoms with van der Waals surface area (Å²) < 4.78 is 25.0. The van der Waals surface area contributed by atoms with Crippen molar-refractivity contribution in [3.63, 3.8) is 0 Å². The average molecular weight is 274 g/mol. The molecule has 0 spiro atoms. The maximum absolute atomic E-state index is 12.5. The van der Waals surface area contributed by atoms with E-state index in [9.17, 15) is 8.42 Å². The van der Waals surface area contributed by atoms with Gasteiger partial charge in [0.15, 0.2) is 9.84 Å². The molecule has 0 heterocycles. The molecule has 17 heavy (non-hydrogen) atoms. The first kappa shape index (κ1) is 12.9. The quantitative estimate of drug-likeness (QED) is 0.919. The maximum atomic E-state index is 12.5. The Morgan fingerprint density at radius 2 is 2.00 bits per heavy atom. The molecule has 5 heteroatoms. The molecule has 1 aliphatic carbocycles. The summed E-state index contributed by atoms with van der Waals surface area (Å²) in [5.74, 6) is 0. The number of rotatable bonds is 3. The van der Waals surface area contributed by atoms with Crippen LogP contribution in [-0.4, -0.2) is 26.8 Å². The average Bonchev–Trinajstić information content (AvgIpc) is 2.78. The second-order valence-corrected chi connectivity index (χ2v) is 6.88. The van der Waals surface area contributed by atoms with Gasteiger partial charge >= 0.3 is 0 Å². The number of benzene rings is 1. The second kappa shape index (κ2) is 4.96. The molecule has 1 saturated carbocycles. The van der Waals surface area contributed by atoms with Crippen LogP contribution < -0.4 is 5.32 Å². The summed E-state index contributed by atoms with van der Waals surface area (Å²) in [6.07, 6.45) is 2.56. The summed E-state index contributed by atoms with van der Waals surface area (Å²) in [7, 11) is -1.51. The van der Waals surface area contributed by atoms with E-state index < -0.39 is 9.84 Å². The molecule has 0 aromatic heterocycles. The smallest absolute Gasteiger partial charge is 0.184 e. The highest BCUT2D eigenvalue weighted by atomic mass is 35.5. The molecule has 0 amide bonds. The number of halogens is 1. The zero-order chi connectivity index (χ0) is 12.5. The molecule has 2 rings (SSSR count). The largest absolute Gasteiger partial charge is 0.316 e. The molecule has 1 aliphatic rings. The van der Waals surface area contributed by atoms with Crippen molar-refractivity contribution in [2.24, 2.45) is 0 Å². The highest BCUT2D eigenvalue weighted by Gasteiger charge is 2.38. The fraction of sp³-hybridized carbons (Fsp3) is 0.500. The van der Waals surface area contributed by atoms with Gasteiger partial charge in [-0.1, -0.05) is 30.2 Å². The third-order valence-corrected chi connectivity index (χ3v) is 6.14. The molecule has 1 fully saturated rings. The van der Waals surface area contributed by atoms with E-state index in [1.165, 1.54) is 0 Å².